The average molecular weight is 468 g/mol. The molecule has 0 aliphatic carbocycles. The normalized spacial score (nSPS) is 17.4. The Bertz CT molecular complexity index is 1350. The summed E-state index contributed by atoms with van der Waals surface area (Å²) in [5, 5.41) is 5.08. The van der Waals surface area contributed by atoms with Crippen molar-refractivity contribution in [3.8, 4) is 11.4 Å². The van der Waals surface area contributed by atoms with E-state index in [4.69, 9.17) is 0 Å². The summed E-state index contributed by atoms with van der Waals surface area (Å²) >= 11 is 1.34. The van der Waals surface area contributed by atoms with Crippen LogP contribution in [0.4, 0.5) is 5.13 Å². The Labute approximate surface area is 189 Å². The molecule has 0 spiro atoms. The van der Waals surface area contributed by atoms with Gasteiger partial charge in [0, 0.05) is 30.2 Å². The average Bonchev–Trinajstić information content (AvgIpc) is 3.49. The van der Waals surface area contributed by atoms with Gasteiger partial charge in [0.25, 0.3) is 0 Å². The minimum absolute atomic E-state index is 0.149. The topological polar surface area (TPSA) is 108 Å². The van der Waals surface area contributed by atoms with E-state index in [9.17, 15) is 13.2 Å². The first kappa shape index (κ1) is 20.8. The number of carbonyl (C=O) groups is 1. The quantitative estimate of drug-likeness (QED) is 0.465. The lowest BCUT2D eigenvalue weighted by atomic mass is 9.99. The second kappa shape index (κ2) is 8.45. The van der Waals surface area contributed by atoms with Crippen molar-refractivity contribution in [2.45, 2.75) is 17.7 Å². The van der Waals surface area contributed by atoms with Crippen molar-refractivity contribution < 1.29 is 13.2 Å². The standard InChI is InChI=1S/C22H21N5O3S2/c28-21(26-22-23-10-12-31-22)16-7-4-11-27(14-16)32(29,30)17-8-9-18-19(13-17)25-20(24-18)15-5-2-1-3-6-15/h1-3,5-6,8-10,12-13,16H,4,7,11,14H2,(H,24,25)(H,23,26,28). The number of fused-ring (bicyclic) bond motifs is 1. The van der Waals surface area contributed by atoms with Crippen molar-refractivity contribution in [3.05, 3.63) is 60.1 Å². The molecule has 2 aromatic heterocycles. The first-order chi connectivity index (χ1) is 15.5. The molecule has 1 fully saturated rings. The minimum atomic E-state index is -3.74. The lowest BCUT2D eigenvalue weighted by molar-refractivity contribution is -0.120. The molecule has 0 bridgehead atoms. The van der Waals surface area contributed by atoms with Crippen LogP contribution in [0.5, 0.6) is 0 Å². The predicted molar refractivity (Wildman–Crippen MR) is 124 cm³/mol. The summed E-state index contributed by atoms with van der Waals surface area (Å²) in [4.78, 5) is 24.6. The maximum Gasteiger partial charge on any atom is 0.243 e. The monoisotopic (exact) mass is 467 g/mol. The lowest BCUT2D eigenvalue weighted by Crippen LogP contribution is -2.43. The first-order valence-corrected chi connectivity index (χ1v) is 12.6. The highest BCUT2D eigenvalue weighted by atomic mass is 32.2. The van der Waals surface area contributed by atoms with E-state index in [0.717, 1.165) is 5.56 Å². The van der Waals surface area contributed by atoms with Crippen LogP contribution in [0.1, 0.15) is 12.8 Å². The van der Waals surface area contributed by atoms with Crippen molar-refractivity contribution in [2.24, 2.45) is 5.92 Å². The Morgan fingerprint density at radius 1 is 1.19 bits per heavy atom. The summed E-state index contributed by atoms with van der Waals surface area (Å²) < 4.78 is 28.1. The van der Waals surface area contributed by atoms with Crippen LogP contribution < -0.4 is 5.32 Å². The number of anilines is 1. The largest absolute Gasteiger partial charge is 0.338 e. The highest BCUT2D eigenvalue weighted by Crippen LogP contribution is 2.28. The predicted octanol–water partition coefficient (Wildman–Crippen LogP) is 3.73. The summed E-state index contributed by atoms with van der Waals surface area (Å²) in [6.45, 7) is 0.537. The molecule has 4 aromatic rings. The number of aromatic nitrogens is 3. The summed E-state index contributed by atoms with van der Waals surface area (Å²) in [5.41, 5.74) is 2.28. The van der Waals surface area contributed by atoms with Crippen LogP contribution in [0.25, 0.3) is 22.4 Å². The van der Waals surface area contributed by atoms with Gasteiger partial charge in [-0.05, 0) is 31.0 Å². The molecule has 10 heteroatoms. The van der Waals surface area contributed by atoms with Crippen LogP contribution in [0.3, 0.4) is 0 Å². The number of nitrogens with one attached hydrogen (secondary N) is 2. The molecule has 1 atom stereocenters. The molecule has 1 amide bonds. The summed E-state index contributed by atoms with van der Waals surface area (Å²) in [6, 6.07) is 14.6. The van der Waals surface area contributed by atoms with Gasteiger partial charge in [-0.3, -0.25) is 4.79 Å². The number of piperidine rings is 1. The van der Waals surface area contributed by atoms with Gasteiger partial charge in [0.05, 0.1) is 21.8 Å². The zero-order chi connectivity index (χ0) is 22.1. The third-order valence-corrected chi connectivity index (χ3v) is 8.11. The maximum absolute atomic E-state index is 13.3. The fourth-order valence-electron chi connectivity index (χ4n) is 3.90. The van der Waals surface area contributed by atoms with Gasteiger partial charge >= 0.3 is 0 Å². The van der Waals surface area contributed by atoms with E-state index in [-0.39, 0.29) is 17.3 Å². The number of benzene rings is 2. The molecule has 164 valence electrons. The van der Waals surface area contributed by atoms with Crippen molar-refractivity contribution in [1.29, 1.82) is 0 Å². The number of hydrogen-bond donors (Lipinski definition) is 2. The Balaban J connectivity index is 1.37. The Kier molecular flexibility index (Phi) is 5.50. The van der Waals surface area contributed by atoms with E-state index in [1.807, 2.05) is 30.3 Å². The molecule has 0 saturated carbocycles. The van der Waals surface area contributed by atoms with Crippen LogP contribution in [0.2, 0.25) is 0 Å². The van der Waals surface area contributed by atoms with Gasteiger partial charge in [0.1, 0.15) is 5.82 Å². The second-order valence-electron chi connectivity index (χ2n) is 7.66. The van der Waals surface area contributed by atoms with Crippen LogP contribution in [0, 0.1) is 5.92 Å². The molecular weight excluding hydrogens is 446 g/mol. The van der Waals surface area contributed by atoms with Gasteiger partial charge in [-0.1, -0.05) is 30.3 Å². The molecule has 2 aromatic carbocycles. The zero-order valence-electron chi connectivity index (χ0n) is 17.1. The second-order valence-corrected chi connectivity index (χ2v) is 10.5. The lowest BCUT2D eigenvalue weighted by Gasteiger charge is -2.31. The Morgan fingerprint density at radius 2 is 2.03 bits per heavy atom. The highest BCUT2D eigenvalue weighted by molar-refractivity contribution is 7.89. The summed E-state index contributed by atoms with van der Waals surface area (Å²) in [6.07, 6.45) is 2.88. The number of hydrogen-bond acceptors (Lipinski definition) is 6. The van der Waals surface area contributed by atoms with Gasteiger partial charge in [0.15, 0.2) is 5.13 Å². The molecule has 0 radical (unpaired) electrons. The molecule has 1 unspecified atom stereocenters. The van der Waals surface area contributed by atoms with E-state index in [1.165, 1.54) is 15.6 Å². The van der Waals surface area contributed by atoms with Gasteiger partial charge < -0.3 is 10.3 Å². The Hall–Kier alpha value is -3.08. The van der Waals surface area contributed by atoms with Crippen LogP contribution in [-0.2, 0) is 14.8 Å². The molecule has 1 aliphatic rings. The molecule has 3 heterocycles. The molecule has 5 rings (SSSR count). The third-order valence-electron chi connectivity index (χ3n) is 5.56. The molecule has 8 nitrogen and oxygen atoms in total. The molecule has 1 saturated heterocycles. The number of H-pyrrole nitrogens is 1. The van der Waals surface area contributed by atoms with E-state index in [0.29, 0.717) is 41.4 Å². The smallest absolute Gasteiger partial charge is 0.243 e. The Morgan fingerprint density at radius 3 is 2.81 bits per heavy atom. The number of imidazole rings is 1. The number of carbonyl (C=O) groups excluding carboxylic acids is 1. The molecule has 32 heavy (non-hydrogen) atoms. The number of aromatic amines is 1. The van der Waals surface area contributed by atoms with E-state index < -0.39 is 15.9 Å². The SMILES string of the molecule is O=C(Nc1nccs1)C1CCCN(S(=O)(=O)c2ccc3nc(-c4ccccc4)[nH]c3c2)C1. The zero-order valence-corrected chi connectivity index (χ0v) is 18.7. The number of thiazole rings is 1. The highest BCUT2D eigenvalue weighted by Gasteiger charge is 2.33. The minimum Gasteiger partial charge on any atom is -0.338 e. The molecule has 1 aliphatic heterocycles. The van der Waals surface area contributed by atoms with E-state index in [1.54, 1.807) is 29.8 Å². The van der Waals surface area contributed by atoms with E-state index >= 15 is 0 Å². The van der Waals surface area contributed by atoms with Crippen molar-refractivity contribution in [2.75, 3.05) is 18.4 Å². The fraction of sp³-hybridized carbons (Fsp3) is 0.227. The number of sulfonamides is 1. The number of nitrogens with zero attached hydrogens (tertiary/aromatic N) is 3. The van der Waals surface area contributed by atoms with Crippen molar-refractivity contribution in [1.82, 2.24) is 19.3 Å². The van der Waals surface area contributed by atoms with E-state index in [2.05, 4.69) is 20.3 Å². The van der Waals surface area contributed by atoms with Crippen molar-refractivity contribution >= 4 is 43.4 Å². The first-order valence-electron chi connectivity index (χ1n) is 10.3. The molecule has 2 N–H and O–H groups in total. The fourth-order valence-corrected chi connectivity index (χ4v) is 5.98. The van der Waals surface area contributed by atoms with Crippen LogP contribution in [0.15, 0.2) is 65.0 Å². The van der Waals surface area contributed by atoms with Gasteiger partial charge in [0.2, 0.25) is 15.9 Å². The van der Waals surface area contributed by atoms with Crippen molar-refractivity contribution in [3.63, 3.8) is 0 Å². The van der Waals surface area contributed by atoms with Crippen LogP contribution >= 0.6 is 11.3 Å². The number of amides is 1. The van der Waals surface area contributed by atoms with Crippen LogP contribution in [-0.4, -0.2) is 46.7 Å². The number of rotatable bonds is 5. The van der Waals surface area contributed by atoms with Gasteiger partial charge in [-0.2, -0.15) is 4.31 Å². The summed E-state index contributed by atoms with van der Waals surface area (Å²) in [5.74, 6) is 0.0754. The summed E-state index contributed by atoms with van der Waals surface area (Å²) in [7, 11) is -3.74. The van der Waals surface area contributed by atoms with Gasteiger partial charge in [-0.15, -0.1) is 11.3 Å². The third kappa shape index (κ3) is 4.04. The maximum atomic E-state index is 13.3. The van der Waals surface area contributed by atoms with Gasteiger partial charge in [-0.25, -0.2) is 18.4 Å². The molecular formula is C22H21N5O3S2.